The molecule has 4 rings (SSSR count). The number of aliphatic hydroxyl groups excluding tert-OH is 1. The highest BCUT2D eigenvalue weighted by Gasteiger charge is 2.73. The van der Waals surface area contributed by atoms with E-state index in [-0.39, 0.29) is 36.1 Å². The number of anilines is 2. The lowest BCUT2D eigenvalue weighted by molar-refractivity contribution is -0.139. The fourth-order valence-electron chi connectivity index (χ4n) is 6.02. The largest absolute Gasteiger partial charge is 0.395 e. The number of β-amino-alcohol motifs (C(OH)–C–C–N with tert-alkyl or cyclic N) is 1. The third-order valence-electron chi connectivity index (χ3n) is 7.50. The second-order valence-electron chi connectivity index (χ2n) is 9.31. The number of aliphatic hydroxyl groups is 1. The van der Waals surface area contributed by atoms with Crippen molar-refractivity contribution < 1.29 is 19.5 Å². The Morgan fingerprint density at radius 2 is 1.88 bits per heavy atom. The van der Waals surface area contributed by atoms with Crippen LogP contribution in [0.4, 0.5) is 11.4 Å². The molecule has 0 saturated carbocycles. The summed E-state index contributed by atoms with van der Waals surface area (Å²) in [6.45, 7) is 8.44. The Morgan fingerprint density at radius 1 is 1.18 bits per heavy atom. The lowest BCUT2D eigenvalue weighted by Gasteiger charge is -2.34. The average Bonchev–Trinajstić information content (AvgIpc) is 3.47. The molecule has 34 heavy (non-hydrogen) atoms. The summed E-state index contributed by atoms with van der Waals surface area (Å²) in [6.07, 6.45) is 2.36. The van der Waals surface area contributed by atoms with Gasteiger partial charge in [-0.25, -0.2) is 0 Å². The van der Waals surface area contributed by atoms with Crippen molar-refractivity contribution in [2.75, 3.05) is 43.0 Å². The van der Waals surface area contributed by atoms with Crippen molar-refractivity contribution in [3.8, 4) is 0 Å². The molecule has 186 valence electrons. The van der Waals surface area contributed by atoms with Gasteiger partial charge in [-0.15, -0.1) is 11.8 Å². The second-order valence-corrected chi connectivity index (χ2v) is 10.9. The summed E-state index contributed by atoms with van der Waals surface area (Å²) >= 11 is 1.64. The summed E-state index contributed by atoms with van der Waals surface area (Å²) in [4.78, 5) is 43.9. The van der Waals surface area contributed by atoms with Gasteiger partial charge in [0.25, 0.3) is 0 Å². The smallest absolute Gasteiger partial charge is 0.248 e. The van der Waals surface area contributed by atoms with E-state index in [1.807, 2.05) is 31.2 Å². The first-order valence-corrected chi connectivity index (χ1v) is 13.3. The fourth-order valence-corrected chi connectivity index (χ4v) is 8.24. The van der Waals surface area contributed by atoms with Gasteiger partial charge in [0, 0.05) is 42.8 Å². The Hall–Kier alpha value is -2.26. The zero-order chi connectivity index (χ0) is 24.5. The third-order valence-corrected chi connectivity index (χ3v) is 9.46. The Kier molecular flexibility index (Phi) is 7.42. The average molecular weight is 489 g/mol. The molecule has 9 heteroatoms. The van der Waals surface area contributed by atoms with Gasteiger partial charge in [-0.1, -0.05) is 6.92 Å². The Balaban J connectivity index is 1.58. The third kappa shape index (κ3) is 4.06. The first kappa shape index (κ1) is 24.9. The number of benzene rings is 1. The highest BCUT2D eigenvalue weighted by molar-refractivity contribution is 8.02. The van der Waals surface area contributed by atoms with Crippen LogP contribution in [0.2, 0.25) is 0 Å². The molecule has 3 aliphatic rings. The molecule has 0 aliphatic carbocycles. The number of rotatable bonds is 10. The van der Waals surface area contributed by atoms with Gasteiger partial charge in [-0.3, -0.25) is 14.4 Å². The number of nitrogens with one attached hydrogen (secondary N) is 2. The van der Waals surface area contributed by atoms with Crippen molar-refractivity contribution in [1.82, 2.24) is 10.2 Å². The molecule has 1 spiro atoms. The molecule has 3 heterocycles. The SMILES string of the molecule is CCCNC(=O)[C@@H]1[C@@H]2CCC3(S2)C(C(=O)Nc2ccc(N(CC)CC)cc2)N(CCO)C(=O)[C@H]13. The molecular weight excluding hydrogens is 452 g/mol. The quantitative estimate of drug-likeness (QED) is 0.466. The highest BCUT2D eigenvalue weighted by Crippen LogP contribution is 2.66. The summed E-state index contributed by atoms with van der Waals surface area (Å²) in [5.41, 5.74) is 1.76. The van der Waals surface area contributed by atoms with Gasteiger partial charge in [0.1, 0.15) is 6.04 Å². The van der Waals surface area contributed by atoms with Crippen LogP contribution in [0, 0.1) is 11.8 Å². The Labute approximate surface area is 205 Å². The number of hydrogen-bond acceptors (Lipinski definition) is 6. The number of nitrogens with zero attached hydrogens (tertiary/aromatic N) is 2. The summed E-state index contributed by atoms with van der Waals surface area (Å²) in [6, 6.07) is 7.03. The lowest BCUT2D eigenvalue weighted by Crippen LogP contribution is -2.52. The lowest BCUT2D eigenvalue weighted by atomic mass is 9.70. The molecule has 3 saturated heterocycles. The van der Waals surface area contributed by atoms with Crippen LogP contribution >= 0.6 is 11.8 Å². The topological polar surface area (TPSA) is 102 Å². The zero-order valence-electron chi connectivity index (χ0n) is 20.3. The van der Waals surface area contributed by atoms with Crippen LogP contribution in [-0.2, 0) is 14.4 Å². The van der Waals surface area contributed by atoms with E-state index >= 15 is 0 Å². The van der Waals surface area contributed by atoms with Crippen LogP contribution in [0.15, 0.2) is 24.3 Å². The van der Waals surface area contributed by atoms with E-state index in [0.717, 1.165) is 38.0 Å². The second kappa shape index (κ2) is 10.2. The standard InChI is InChI=1S/C25H36N4O4S/c1-4-13-26-22(31)19-18-11-12-25(34-18)20(19)24(33)29(14-15-30)21(25)23(32)27-16-7-9-17(10-8-16)28(5-2)6-3/h7-10,18-21,30H,4-6,11-15H2,1-3H3,(H,26,31)(H,27,32)/t18-,19+,20-,21?,25?/m0/s1. The molecule has 0 aromatic heterocycles. The summed E-state index contributed by atoms with van der Waals surface area (Å²) in [5.74, 6) is -1.47. The summed E-state index contributed by atoms with van der Waals surface area (Å²) in [5, 5.41) is 15.7. The molecule has 8 nitrogen and oxygen atoms in total. The minimum Gasteiger partial charge on any atom is -0.395 e. The molecule has 1 aromatic carbocycles. The fraction of sp³-hybridized carbons (Fsp3) is 0.640. The van der Waals surface area contributed by atoms with E-state index in [9.17, 15) is 19.5 Å². The molecular formula is C25H36N4O4S. The number of amides is 3. The normalized spacial score (nSPS) is 29.3. The van der Waals surface area contributed by atoms with Crippen molar-refractivity contribution in [3.05, 3.63) is 24.3 Å². The van der Waals surface area contributed by atoms with E-state index in [1.54, 1.807) is 11.8 Å². The molecule has 3 aliphatic heterocycles. The number of thioether (sulfide) groups is 1. The minimum absolute atomic E-state index is 0.0470. The maximum absolute atomic E-state index is 13.6. The van der Waals surface area contributed by atoms with Gasteiger partial charge < -0.3 is 25.5 Å². The molecule has 3 N–H and O–H groups in total. The van der Waals surface area contributed by atoms with E-state index in [4.69, 9.17) is 0 Å². The molecule has 3 amide bonds. The van der Waals surface area contributed by atoms with E-state index < -0.39 is 22.6 Å². The van der Waals surface area contributed by atoms with Gasteiger partial charge >= 0.3 is 0 Å². The van der Waals surface area contributed by atoms with Gasteiger partial charge in [-0.05, 0) is 57.4 Å². The van der Waals surface area contributed by atoms with Crippen molar-refractivity contribution in [2.24, 2.45) is 11.8 Å². The molecule has 2 unspecified atom stereocenters. The van der Waals surface area contributed by atoms with Gasteiger partial charge in [0.15, 0.2) is 0 Å². The van der Waals surface area contributed by atoms with Gasteiger partial charge in [0.2, 0.25) is 17.7 Å². The van der Waals surface area contributed by atoms with E-state index in [1.165, 1.54) is 4.90 Å². The molecule has 3 fully saturated rings. The van der Waals surface area contributed by atoms with Gasteiger partial charge in [-0.2, -0.15) is 0 Å². The number of hydrogen-bond donors (Lipinski definition) is 3. The number of likely N-dealkylation sites (tertiary alicyclic amines) is 1. The van der Waals surface area contributed by atoms with Crippen LogP contribution in [0.3, 0.4) is 0 Å². The number of carbonyl (C=O) groups excluding carboxylic acids is 3. The van der Waals surface area contributed by atoms with Gasteiger partial charge in [0.05, 0.1) is 23.2 Å². The first-order valence-electron chi connectivity index (χ1n) is 12.4. The van der Waals surface area contributed by atoms with E-state index in [2.05, 4.69) is 29.4 Å². The first-order chi connectivity index (χ1) is 16.4. The van der Waals surface area contributed by atoms with Crippen molar-refractivity contribution in [1.29, 1.82) is 0 Å². The monoisotopic (exact) mass is 488 g/mol. The summed E-state index contributed by atoms with van der Waals surface area (Å²) < 4.78 is -0.629. The molecule has 2 bridgehead atoms. The predicted octanol–water partition coefficient (Wildman–Crippen LogP) is 2.08. The maximum atomic E-state index is 13.6. The molecule has 0 radical (unpaired) electrons. The molecule has 1 aromatic rings. The summed E-state index contributed by atoms with van der Waals surface area (Å²) in [7, 11) is 0. The van der Waals surface area contributed by atoms with Crippen molar-refractivity contribution in [3.63, 3.8) is 0 Å². The van der Waals surface area contributed by atoms with Crippen LogP contribution in [0.1, 0.15) is 40.0 Å². The van der Waals surface area contributed by atoms with Crippen LogP contribution in [0.5, 0.6) is 0 Å². The maximum Gasteiger partial charge on any atom is 0.248 e. The van der Waals surface area contributed by atoms with Crippen molar-refractivity contribution in [2.45, 2.75) is 56.1 Å². The number of fused-ring (bicyclic) bond motifs is 1. The van der Waals surface area contributed by atoms with Crippen LogP contribution in [-0.4, -0.2) is 76.6 Å². The van der Waals surface area contributed by atoms with E-state index in [0.29, 0.717) is 12.2 Å². The Bertz CT molecular complexity index is 922. The number of carbonyl (C=O) groups is 3. The Morgan fingerprint density at radius 3 is 2.50 bits per heavy atom. The zero-order valence-corrected chi connectivity index (χ0v) is 21.1. The molecule has 5 atom stereocenters. The predicted molar refractivity (Wildman–Crippen MR) is 135 cm³/mol. The van der Waals surface area contributed by atoms with Crippen molar-refractivity contribution >= 4 is 40.9 Å². The highest BCUT2D eigenvalue weighted by atomic mass is 32.2. The van der Waals surface area contributed by atoms with Crippen LogP contribution in [0.25, 0.3) is 0 Å². The minimum atomic E-state index is -0.710. The van der Waals surface area contributed by atoms with Crippen LogP contribution < -0.4 is 15.5 Å².